The van der Waals surface area contributed by atoms with Gasteiger partial charge in [-0.05, 0) is 43.0 Å². The van der Waals surface area contributed by atoms with Crippen molar-refractivity contribution >= 4 is 35.2 Å². The largest absolute Gasteiger partial charge is 0.352 e. The molecule has 0 aliphatic heterocycles. The Kier molecular flexibility index (Phi) is 8.16. The molecule has 1 heterocycles. The average Bonchev–Trinajstić information content (AvgIpc) is 3.08. The van der Waals surface area contributed by atoms with Gasteiger partial charge in [-0.1, -0.05) is 43.1 Å². The highest BCUT2D eigenvalue weighted by Gasteiger charge is 2.23. The number of hydrogen-bond donors (Lipinski definition) is 2. The van der Waals surface area contributed by atoms with Gasteiger partial charge in [-0.15, -0.1) is 10.2 Å². The summed E-state index contributed by atoms with van der Waals surface area (Å²) >= 11 is 7.23. The molecule has 0 unspecified atom stereocenters. The van der Waals surface area contributed by atoms with Crippen molar-refractivity contribution in [1.82, 2.24) is 25.4 Å². The van der Waals surface area contributed by atoms with Crippen molar-refractivity contribution in [2.24, 2.45) is 13.0 Å². The van der Waals surface area contributed by atoms with Crippen LogP contribution >= 0.6 is 23.4 Å². The molecule has 162 valence electrons. The molecule has 30 heavy (non-hydrogen) atoms. The van der Waals surface area contributed by atoms with Crippen LogP contribution in [0, 0.1) is 5.92 Å². The Bertz CT molecular complexity index is 871. The summed E-state index contributed by atoms with van der Waals surface area (Å²) in [5, 5.41) is 15.7. The van der Waals surface area contributed by atoms with Gasteiger partial charge in [0.15, 0.2) is 5.16 Å². The number of thioether (sulfide) groups is 1. The molecule has 2 atom stereocenters. The normalized spacial score (nSPS) is 18.8. The number of amides is 2. The van der Waals surface area contributed by atoms with Gasteiger partial charge in [0.2, 0.25) is 5.91 Å². The molecule has 3 rings (SSSR count). The van der Waals surface area contributed by atoms with Crippen molar-refractivity contribution < 1.29 is 9.59 Å². The van der Waals surface area contributed by atoms with E-state index in [1.807, 2.05) is 11.6 Å². The molecule has 7 nitrogen and oxygen atoms in total. The maximum absolute atomic E-state index is 12.3. The standard InChI is InChI=1S/C21H28ClN5O2S/c1-14-5-3-4-6-17(14)24-19(28)13-30-21-26-25-18(27(21)2)11-12-23-20(29)15-7-9-16(22)10-8-15/h7-10,14,17H,3-6,11-13H2,1-2H3,(H,23,29)(H,24,28)/t14-,17-/m0/s1. The number of benzene rings is 1. The van der Waals surface area contributed by atoms with Crippen LogP contribution in [0.2, 0.25) is 5.02 Å². The Morgan fingerprint density at radius 3 is 2.67 bits per heavy atom. The van der Waals surface area contributed by atoms with Crippen LogP contribution < -0.4 is 10.6 Å². The second kappa shape index (κ2) is 10.8. The molecule has 0 saturated heterocycles. The summed E-state index contributed by atoms with van der Waals surface area (Å²) in [7, 11) is 1.87. The molecule has 9 heteroatoms. The van der Waals surface area contributed by atoms with E-state index in [1.54, 1.807) is 24.3 Å². The van der Waals surface area contributed by atoms with Crippen LogP contribution in [-0.2, 0) is 18.3 Å². The molecular weight excluding hydrogens is 422 g/mol. The van der Waals surface area contributed by atoms with Crippen LogP contribution in [0.3, 0.4) is 0 Å². The number of aromatic nitrogens is 3. The van der Waals surface area contributed by atoms with Gasteiger partial charge >= 0.3 is 0 Å². The van der Waals surface area contributed by atoms with Gasteiger partial charge in [-0.25, -0.2) is 0 Å². The van der Waals surface area contributed by atoms with Crippen molar-refractivity contribution in [2.45, 2.75) is 50.2 Å². The summed E-state index contributed by atoms with van der Waals surface area (Å²) in [5.74, 6) is 1.51. The van der Waals surface area contributed by atoms with Crippen LogP contribution in [0.4, 0.5) is 0 Å². The molecule has 1 aromatic carbocycles. The van der Waals surface area contributed by atoms with Crippen molar-refractivity contribution in [3.8, 4) is 0 Å². The number of halogens is 1. The Hall–Kier alpha value is -2.06. The van der Waals surface area contributed by atoms with Crippen LogP contribution in [0.25, 0.3) is 0 Å². The number of carbonyl (C=O) groups is 2. The fraction of sp³-hybridized carbons (Fsp3) is 0.524. The third kappa shape index (κ3) is 6.22. The van der Waals surface area contributed by atoms with Gasteiger partial charge in [0.25, 0.3) is 5.91 Å². The Balaban J connectivity index is 1.43. The quantitative estimate of drug-likeness (QED) is 0.604. The van der Waals surface area contributed by atoms with Gasteiger partial charge in [0.05, 0.1) is 5.75 Å². The number of carbonyl (C=O) groups excluding carboxylic acids is 2. The highest BCUT2D eigenvalue weighted by atomic mass is 35.5. The summed E-state index contributed by atoms with van der Waals surface area (Å²) in [5.41, 5.74) is 0.562. The van der Waals surface area contributed by atoms with E-state index >= 15 is 0 Å². The molecule has 0 spiro atoms. The maximum atomic E-state index is 12.3. The summed E-state index contributed by atoms with van der Waals surface area (Å²) in [4.78, 5) is 24.5. The van der Waals surface area contributed by atoms with E-state index in [1.165, 1.54) is 31.0 Å². The zero-order valence-corrected chi connectivity index (χ0v) is 18.9. The molecule has 1 saturated carbocycles. The highest BCUT2D eigenvalue weighted by Crippen LogP contribution is 2.24. The number of hydrogen-bond acceptors (Lipinski definition) is 5. The Morgan fingerprint density at radius 2 is 1.93 bits per heavy atom. The molecular formula is C21H28ClN5O2S. The molecule has 0 bridgehead atoms. The first kappa shape index (κ1) is 22.6. The van der Waals surface area contributed by atoms with Crippen LogP contribution in [0.15, 0.2) is 29.4 Å². The van der Waals surface area contributed by atoms with E-state index < -0.39 is 0 Å². The van der Waals surface area contributed by atoms with Gasteiger partial charge < -0.3 is 15.2 Å². The lowest BCUT2D eigenvalue weighted by Gasteiger charge is -2.29. The molecule has 2 amide bonds. The summed E-state index contributed by atoms with van der Waals surface area (Å²) in [6, 6.07) is 7.04. The van der Waals surface area contributed by atoms with Crippen LogP contribution in [0.1, 0.15) is 48.8 Å². The smallest absolute Gasteiger partial charge is 0.251 e. The van der Waals surface area contributed by atoms with Gasteiger partial charge in [-0.3, -0.25) is 9.59 Å². The van der Waals surface area contributed by atoms with E-state index in [-0.39, 0.29) is 17.9 Å². The van der Waals surface area contributed by atoms with E-state index in [2.05, 4.69) is 27.8 Å². The van der Waals surface area contributed by atoms with Crippen LogP contribution in [0.5, 0.6) is 0 Å². The predicted octanol–water partition coefficient (Wildman–Crippen LogP) is 3.23. The van der Waals surface area contributed by atoms with Crippen molar-refractivity contribution in [3.63, 3.8) is 0 Å². The molecule has 1 fully saturated rings. The second-order valence-electron chi connectivity index (χ2n) is 7.70. The topological polar surface area (TPSA) is 88.9 Å². The first-order chi connectivity index (χ1) is 14.4. The van der Waals surface area contributed by atoms with Crippen LogP contribution in [-0.4, -0.2) is 44.9 Å². The Labute approximate surface area is 186 Å². The molecule has 1 aromatic heterocycles. The van der Waals surface area contributed by atoms with Crippen molar-refractivity contribution in [2.75, 3.05) is 12.3 Å². The van der Waals surface area contributed by atoms with E-state index in [9.17, 15) is 9.59 Å². The van der Waals surface area contributed by atoms with Crippen molar-refractivity contribution in [1.29, 1.82) is 0 Å². The molecule has 1 aliphatic carbocycles. The zero-order valence-electron chi connectivity index (χ0n) is 17.4. The molecule has 2 aromatic rings. The van der Waals surface area contributed by atoms with E-state index in [4.69, 9.17) is 11.6 Å². The Morgan fingerprint density at radius 1 is 1.20 bits per heavy atom. The first-order valence-corrected chi connectivity index (χ1v) is 11.6. The lowest BCUT2D eigenvalue weighted by Crippen LogP contribution is -2.41. The lowest BCUT2D eigenvalue weighted by molar-refractivity contribution is -0.119. The second-order valence-corrected chi connectivity index (χ2v) is 9.07. The van der Waals surface area contributed by atoms with Gasteiger partial charge in [-0.2, -0.15) is 0 Å². The minimum atomic E-state index is -0.156. The molecule has 1 aliphatic rings. The fourth-order valence-electron chi connectivity index (χ4n) is 3.59. The number of nitrogens with zero attached hydrogens (tertiary/aromatic N) is 3. The van der Waals surface area contributed by atoms with Crippen molar-refractivity contribution in [3.05, 3.63) is 40.7 Å². The molecule has 0 radical (unpaired) electrons. The fourth-order valence-corrected chi connectivity index (χ4v) is 4.46. The summed E-state index contributed by atoms with van der Waals surface area (Å²) in [6.07, 6.45) is 5.23. The summed E-state index contributed by atoms with van der Waals surface area (Å²) in [6.45, 7) is 2.65. The summed E-state index contributed by atoms with van der Waals surface area (Å²) < 4.78 is 1.87. The first-order valence-electron chi connectivity index (χ1n) is 10.3. The SMILES string of the molecule is C[C@H]1CCCC[C@@H]1NC(=O)CSc1nnc(CCNC(=O)c2ccc(Cl)cc2)n1C. The number of nitrogens with one attached hydrogen (secondary N) is 2. The zero-order chi connectivity index (χ0) is 21.5. The molecule has 2 N–H and O–H groups in total. The predicted molar refractivity (Wildman–Crippen MR) is 119 cm³/mol. The van der Waals surface area contributed by atoms with E-state index in [0.717, 1.165) is 12.2 Å². The third-order valence-electron chi connectivity index (χ3n) is 5.46. The monoisotopic (exact) mass is 449 g/mol. The maximum Gasteiger partial charge on any atom is 0.251 e. The third-order valence-corrected chi connectivity index (χ3v) is 6.73. The van der Waals surface area contributed by atoms with Gasteiger partial charge in [0, 0.05) is 36.6 Å². The average molecular weight is 450 g/mol. The number of rotatable bonds is 8. The van der Waals surface area contributed by atoms with Gasteiger partial charge in [0.1, 0.15) is 5.82 Å². The highest BCUT2D eigenvalue weighted by molar-refractivity contribution is 7.99. The minimum absolute atomic E-state index is 0.0403. The minimum Gasteiger partial charge on any atom is -0.352 e. The van der Waals surface area contributed by atoms with E-state index in [0.29, 0.717) is 40.4 Å². The lowest BCUT2D eigenvalue weighted by atomic mass is 9.86.